The van der Waals surface area contributed by atoms with Crippen molar-refractivity contribution in [2.24, 2.45) is 5.92 Å². The lowest BCUT2D eigenvalue weighted by atomic mass is 9.91. The van der Waals surface area contributed by atoms with Crippen molar-refractivity contribution in [1.29, 1.82) is 0 Å². The minimum Gasteiger partial charge on any atom is -0.316 e. The Morgan fingerprint density at radius 2 is 1.94 bits per heavy atom. The highest BCUT2D eigenvalue weighted by molar-refractivity contribution is 5.84. The molecule has 0 bridgehead atoms. The molecule has 1 atom stereocenters. The van der Waals surface area contributed by atoms with Gasteiger partial charge >= 0.3 is 0 Å². The number of Topliss-reactive ketones (excluding diaryl/α,β-unsaturated/α-hetero) is 1. The lowest BCUT2D eigenvalue weighted by Crippen LogP contribution is -2.20. The van der Waals surface area contributed by atoms with Crippen molar-refractivity contribution in [1.82, 2.24) is 5.32 Å². The van der Waals surface area contributed by atoms with Crippen LogP contribution in [0.1, 0.15) is 28.7 Å². The smallest absolute Gasteiger partial charge is 0.141 e. The molecule has 1 heterocycles. The van der Waals surface area contributed by atoms with Gasteiger partial charge in [0.15, 0.2) is 0 Å². The van der Waals surface area contributed by atoms with Crippen molar-refractivity contribution in [2.75, 3.05) is 13.1 Å². The quantitative estimate of drug-likeness (QED) is 0.865. The van der Waals surface area contributed by atoms with Gasteiger partial charge in [-0.3, -0.25) is 4.79 Å². The van der Waals surface area contributed by atoms with Crippen molar-refractivity contribution < 1.29 is 4.79 Å². The van der Waals surface area contributed by atoms with Gasteiger partial charge in [-0.2, -0.15) is 0 Å². The van der Waals surface area contributed by atoms with Crippen LogP contribution < -0.4 is 5.32 Å². The van der Waals surface area contributed by atoms with E-state index in [-0.39, 0.29) is 5.92 Å². The van der Waals surface area contributed by atoms with E-state index >= 15 is 0 Å². The monoisotopic (exact) mass is 231 g/mol. The van der Waals surface area contributed by atoms with Crippen LogP contribution >= 0.6 is 0 Å². The number of carbonyl (C=O) groups excluding carboxylic acids is 1. The van der Waals surface area contributed by atoms with Gasteiger partial charge < -0.3 is 5.32 Å². The third kappa shape index (κ3) is 2.75. The highest BCUT2D eigenvalue weighted by Gasteiger charge is 2.23. The Balaban J connectivity index is 2.15. The van der Waals surface area contributed by atoms with E-state index in [1.165, 1.54) is 22.3 Å². The fourth-order valence-electron chi connectivity index (χ4n) is 2.74. The summed E-state index contributed by atoms with van der Waals surface area (Å²) in [5.74, 6) is 0.625. The van der Waals surface area contributed by atoms with Crippen molar-refractivity contribution in [3.05, 3.63) is 34.4 Å². The molecule has 2 nitrogen and oxygen atoms in total. The third-order valence-electron chi connectivity index (χ3n) is 3.71. The fraction of sp³-hybridized carbons (Fsp3) is 0.533. The van der Waals surface area contributed by atoms with E-state index in [0.717, 1.165) is 19.5 Å². The van der Waals surface area contributed by atoms with Crippen LogP contribution in [-0.4, -0.2) is 18.9 Å². The van der Waals surface area contributed by atoms with Crippen LogP contribution in [0.25, 0.3) is 0 Å². The maximum Gasteiger partial charge on any atom is 0.141 e. The standard InChI is InChI=1S/C15H21NO/c1-10-6-11(2)14(12(3)7-10)8-15(17)13-4-5-16-9-13/h6-7,13,16H,4-5,8-9H2,1-3H3. The van der Waals surface area contributed by atoms with Gasteiger partial charge in [-0.15, -0.1) is 0 Å². The van der Waals surface area contributed by atoms with Gasteiger partial charge in [0.25, 0.3) is 0 Å². The lowest BCUT2D eigenvalue weighted by molar-refractivity contribution is -0.121. The average molecular weight is 231 g/mol. The molecule has 1 N–H and O–H groups in total. The van der Waals surface area contributed by atoms with Gasteiger partial charge in [-0.25, -0.2) is 0 Å². The van der Waals surface area contributed by atoms with Gasteiger partial charge in [0.05, 0.1) is 0 Å². The SMILES string of the molecule is Cc1cc(C)c(CC(=O)C2CCNC2)c(C)c1. The molecule has 0 aliphatic carbocycles. The van der Waals surface area contributed by atoms with Gasteiger partial charge in [-0.1, -0.05) is 17.7 Å². The van der Waals surface area contributed by atoms with E-state index < -0.39 is 0 Å². The van der Waals surface area contributed by atoms with E-state index in [1.54, 1.807) is 0 Å². The Morgan fingerprint density at radius 1 is 1.29 bits per heavy atom. The van der Waals surface area contributed by atoms with Crippen molar-refractivity contribution >= 4 is 5.78 Å². The zero-order chi connectivity index (χ0) is 12.4. The minimum atomic E-state index is 0.232. The molecule has 1 unspecified atom stereocenters. The zero-order valence-electron chi connectivity index (χ0n) is 11.0. The fourth-order valence-corrected chi connectivity index (χ4v) is 2.74. The summed E-state index contributed by atoms with van der Waals surface area (Å²) in [5, 5.41) is 3.26. The second-order valence-corrected chi connectivity index (χ2v) is 5.21. The molecule has 2 heteroatoms. The van der Waals surface area contributed by atoms with Crippen LogP contribution in [0, 0.1) is 26.7 Å². The highest BCUT2D eigenvalue weighted by Crippen LogP contribution is 2.20. The first-order valence-corrected chi connectivity index (χ1v) is 6.38. The van der Waals surface area contributed by atoms with E-state index in [2.05, 4.69) is 38.2 Å². The van der Waals surface area contributed by atoms with E-state index in [1.807, 2.05) is 0 Å². The molecule has 17 heavy (non-hydrogen) atoms. The number of hydrogen-bond acceptors (Lipinski definition) is 2. The topological polar surface area (TPSA) is 29.1 Å². The van der Waals surface area contributed by atoms with Crippen molar-refractivity contribution in [3.63, 3.8) is 0 Å². The molecular formula is C15H21NO. The minimum absolute atomic E-state index is 0.232. The Morgan fingerprint density at radius 3 is 2.47 bits per heavy atom. The molecule has 0 saturated carbocycles. The van der Waals surface area contributed by atoms with Crippen molar-refractivity contribution in [3.8, 4) is 0 Å². The normalized spacial score (nSPS) is 19.6. The second-order valence-electron chi connectivity index (χ2n) is 5.21. The predicted octanol–water partition coefficient (Wildman–Crippen LogP) is 2.33. The second kappa shape index (κ2) is 5.01. The summed E-state index contributed by atoms with van der Waals surface area (Å²) in [6, 6.07) is 4.34. The molecule has 0 aromatic heterocycles. The molecule has 1 aromatic carbocycles. The summed E-state index contributed by atoms with van der Waals surface area (Å²) in [7, 11) is 0. The number of carbonyl (C=O) groups is 1. The van der Waals surface area contributed by atoms with Crippen LogP contribution in [-0.2, 0) is 11.2 Å². The van der Waals surface area contributed by atoms with Crippen LogP contribution in [0.3, 0.4) is 0 Å². The summed E-state index contributed by atoms with van der Waals surface area (Å²) in [6.07, 6.45) is 1.60. The van der Waals surface area contributed by atoms with Gasteiger partial charge in [0.1, 0.15) is 5.78 Å². The molecule has 0 amide bonds. The summed E-state index contributed by atoms with van der Waals surface area (Å²) < 4.78 is 0. The summed E-state index contributed by atoms with van der Waals surface area (Å²) in [6.45, 7) is 8.17. The Kier molecular flexibility index (Phi) is 3.63. The van der Waals surface area contributed by atoms with Crippen LogP contribution in [0.2, 0.25) is 0 Å². The number of hydrogen-bond donors (Lipinski definition) is 1. The first-order valence-electron chi connectivity index (χ1n) is 6.38. The van der Waals surface area contributed by atoms with Crippen LogP contribution in [0.4, 0.5) is 0 Å². The summed E-state index contributed by atoms with van der Waals surface area (Å²) in [5.41, 5.74) is 5.01. The first-order chi connectivity index (χ1) is 8.08. The Labute approximate surface area is 103 Å². The molecule has 0 spiro atoms. The largest absolute Gasteiger partial charge is 0.316 e. The molecule has 1 aromatic rings. The number of nitrogens with one attached hydrogen (secondary N) is 1. The Bertz CT molecular complexity index is 408. The van der Waals surface area contributed by atoms with E-state index in [4.69, 9.17) is 0 Å². The van der Waals surface area contributed by atoms with Gasteiger partial charge in [0, 0.05) is 18.9 Å². The van der Waals surface area contributed by atoms with Gasteiger partial charge in [-0.05, 0) is 50.4 Å². The van der Waals surface area contributed by atoms with Gasteiger partial charge in [0.2, 0.25) is 0 Å². The lowest BCUT2D eigenvalue weighted by Gasteiger charge is -2.13. The number of rotatable bonds is 3. The Hall–Kier alpha value is -1.15. The summed E-state index contributed by atoms with van der Waals surface area (Å²) in [4.78, 5) is 12.2. The highest BCUT2D eigenvalue weighted by atomic mass is 16.1. The van der Waals surface area contributed by atoms with E-state index in [9.17, 15) is 4.79 Å². The van der Waals surface area contributed by atoms with Crippen LogP contribution in [0.15, 0.2) is 12.1 Å². The molecule has 1 fully saturated rings. The molecule has 92 valence electrons. The molecule has 1 aliphatic heterocycles. The maximum atomic E-state index is 12.2. The van der Waals surface area contributed by atoms with Crippen LogP contribution in [0.5, 0.6) is 0 Å². The van der Waals surface area contributed by atoms with Crippen molar-refractivity contribution in [2.45, 2.75) is 33.6 Å². The number of aryl methyl sites for hydroxylation is 3. The third-order valence-corrected chi connectivity index (χ3v) is 3.71. The molecular weight excluding hydrogens is 210 g/mol. The maximum absolute atomic E-state index is 12.2. The molecule has 1 saturated heterocycles. The first kappa shape index (κ1) is 12.3. The zero-order valence-corrected chi connectivity index (χ0v) is 11.0. The average Bonchev–Trinajstić information content (AvgIpc) is 2.76. The van der Waals surface area contributed by atoms with E-state index in [0.29, 0.717) is 12.2 Å². The molecule has 0 radical (unpaired) electrons. The molecule has 2 rings (SSSR count). The summed E-state index contributed by atoms with van der Waals surface area (Å²) >= 11 is 0. The number of ketones is 1. The predicted molar refractivity (Wildman–Crippen MR) is 70.3 cm³/mol. The molecule has 1 aliphatic rings. The number of benzene rings is 1.